The van der Waals surface area contributed by atoms with Crippen molar-refractivity contribution in [3.05, 3.63) is 59.9 Å². The van der Waals surface area contributed by atoms with Crippen molar-refractivity contribution in [1.29, 1.82) is 5.26 Å². The zero-order chi connectivity index (χ0) is 24.1. The van der Waals surface area contributed by atoms with E-state index in [1.165, 1.54) is 0 Å². The molecule has 1 aromatic carbocycles. The molecule has 1 aromatic heterocycles. The summed E-state index contributed by atoms with van der Waals surface area (Å²) in [5, 5.41) is 16.1. The van der Waals surface area contributed by atoms with E-state index in [9.17, 15) is 18.0 Å². The highest BCUT2D eigenvalue weighted by molar-refractivity contribution is 5.81. The Labute approximate surface area is 189 Å². The topological polar surface area (TPSA) is 97.5 Å². The average molecular weight is 460 g/mol. The number of hydrogen-bond donors (Lipinski definition) is 1. The van der Waals surface area contributed by atoms with Crippen molar-refractivity contribution in [2.75, 3.05) is 18.0 Å². The lowest BCUT2D eigenvalue weighted by atomic mass is 9.85. The van der Waals surface area contributed by atoms with Crippen LogP contribution < -0.4 is 4.90 Å². The average Bonchev–Trinajstić information content (AvgIpc) is 3.09. The highest BCUT2D eigenvalue weighted by Crippen LogP contribution is 2.40. The predicted octanol–water partition coefficient (Wildman–Crippen LogP) is 3.75. The minimum absolute atomic E-state index is 0.120. The normalized spacial score (nSPS) is 20.2. The number of halogens is 3. The number of amides is 1. The number of pyridine rings is 1. The number of nitriles is 1. The van der Waals surface area contributed by atoms with Gasteiger partial charge in [0.15, 0.2) is 0 Å². The van der Waals surface area contributed by atoms with Crippen LogP contribution in [0.4, 0.5) is 18.9 Å². The number of carboxylic acid groups (broad SMARTS) is 1. The van der Waals surface area contributed by atoms with Crippen LogP contribution in [0.2, 0.25) is 0 Å². The minimum atomic E-state index is -5.08. The lowest BCUT2D eigenvalue weighted by Gasteiger charge is -2.45. The summed E-state index contributed by atoms with van der Waals surface area (Å²) in [6, 6.07) is 13.7. The maximum atomic E-state index is 12.8. The Kier molecular flexibility index (Phi) is 7.21. The number of carbonyl (C=O) groups is 2. The van der Waals surface area contributed by atoms with Gasteiger partial charge in [-0.15, -0.1) is 0 Å². The van der Waals surface area contributed by atoms with Crippen molar-refractivity contribution < 1.29 is 27.9 Å². The van der Waals surface area contributed by atoms with Crippen molar-refractivity contribution in [1.82, 2.24) is 9.88 Å². The summed E-state index contributed by atoms with van der Waals surface area (Å²) in [4.78, 5) is 30.3. The second kappa shape index (κ2) is 9.90. The molecule has 33 heavy (non-hydrogen) atoms. The van der Waals surface area contributed by atoms with Crippen molar-refractivity contribution in [3.8, 4) is 6.07 Å². The van der Waals surface area contributed by atoms with E-state index >= 15 is 0 Å². The molecule has 10 heteroatoms. The van der Waals surface area contributed by atoms with Gasteiger partial charge in [0.05, 0.1) is 35.5 Å². The Morgan fingerprint density at radius 1 is 1.21 bits per heavy atom. The van der Waals surface area contributed by atoms with Crippen LogP contribution in [-0.2, 0) is 16.1 Å². The van der Waals surface area contributed by atoms with Gasteiger partial charge in [-0.05, 0) is 49.1 Å². The molecule has 174 valence electrons. The largest absolute Gasteiger partial charge is 0.490 e. The fourth-order valence-electron chi connectivity index (χ4n) is 4.30. The van der Waals surface area contributed by atoms with Gasteiger partial charge in [-0.1, -0.05) is 12.1 Å². The molecule has 0 radical (unpaired) electrons. The smallest absolute Gasteiger partial charge is 0.475 e. The van der Waals surface area contributed by atoms with Gasteiger partial charge in [0.1, 0.15) is 0 Å². The van der Waals surface area contributed by atoms with Crippen LogP contribution in [0.3, 0.4) is 0 Å². The number of piperidine rings is 1. The molecule has 2 saturated heterocycles. The number of rotatable bonds is 3. The SMILES string of the molecule is N#Cc1ccc(CN2CC3(CCCCN3c3cccnc3)CC2=O)cc1.O=C(O)C(F)(F)F. The van der Waals surface area contributed by atoms with Gasteiger partial charge in [0.25, 0.3) is 0 Å². The van der Waals surface area contributed by atoms with Gasteiger partial charge >= 0.3 is 12.1 Å². The number of hydrogen-bond acceptors (Lipinski definition) is 5. The maximum Gasteiger partial charge on any atom is 0.490 e. The highest BCUT2D eigenvalue weighted by Gasteiger charge is 2.48. The molecule has 1 spiro atoms. The minimum Gasteiger partial charge on any atom is -0.475 e. The maximum absolute atomic E-state index is 12.8. The Bertz CT molecular complexity index is 1020. The van der Waals surface area contributed by atoms with Gasteiger partial charge in [-0.25, -0.2) is 4.79 Å². The molecule has 2 aromatic rings. The van der Waals surface area contributed by atoms with E-state index in [4.69, 9.17) is 15.2 Å². The number of carboxylic acids is 1. The molecule has 0 bridgehead atoms. The van der Waals surface area contributed by atoms with Gasteiger partial charge in [0.2, 0.25) is 5.91 Å². The standard InChI is InChI=1S/C21H22N4O.C2HF3O2/c22-13-17-5-7-18(8-6-17)15-24-16-21(12-20(24)26)9-1-2-11-25(21)19-4-3-10-23-14-19;3-2(4,5)1(6)7/h3-8,10,14H,1-2,9,11-12,15-16H2;(H,6,7). The molecule has 0 saturated carbocycles. The molecule has 7 nitrogen and oxygen atoms in total. The van der Waals surface area contributed by atoms with Crippen molar-refractivity contribution in [2.45, 2.75) is 43.9 Å². The summed E-state index contributed by atoms with van der Waals surface area (Å²) >= 11 is 0. The van der Waals surface area contributed by atoms with E-state index in [0.717, 1.165) is 43.6 Å². The number of aliphatic carboxylic acids is 1. The van der Waals surface area contributed by atoms with E-state index in [2.05, 4.69) is 22.0 Å². The van der Waals surface area contributed by atoms with Crippen LogP contribution in [0.15, 0.2) is 48.8 Å². The third-order valence-corrected chi connectivity index (χ3v) is 5.82. The number of carbonyl (C=O) groups excluding carboxylic acids is 1. The summed E-state index contributed by atoms with van der Waals surface area (Å²) in [6.45, 7) is 2.33. The summed E-state index contributed by atoms with van der Waals surface area (Å²) in [5.74, 6) is -2.54. The molecule has 1 unspecified atom stereocenters. The lowest BCUT2D eigenvalue weighted by Crippen LogP contribution is -2.53. The third-order valence-electron chi connectivity index (χ3n) is 5.82. The first-order valence-electron chi connectivity index (χ1n) is 10.4. The molecule has 4 rings (SSSR count). The van der Waals surface area contributed by atoms with Crippen LogP contribution in [0.25, 0.3) is 0 Å². The molecule has 2 aliphatic rings. The third kappa shape index (κ3) is 5.80. The number of anilines is 1. The molecule has 1 N–H and O–H groups in total. The van der Waals surface area contributed by atoms with Gasteiger partial charge in [0, 0.05) is 25.8 Å². The second-order valence-corrected chi connectivity index (χ2v) is 8.08. The van der Waals surface area contributed by atoms with Crippen LogP contribution in [-0.4, -0.2) is 51.7 Å². The first kappa shape index (κ1) is 24.0. The zero-order valence-corrected chi connectivity index (χ0v) is 17.8. The molecule has 1 amide bonds. The lowest BCUT2D eigenvalue weighted by molar-refractivity contribution is -0.192. The molecular formula is C23H23F3N4O3. The zero-order valence-electron chi connectivity index (χ0n) is 17.8. The van der Waals surface area contributed by atoms with E-state index in [1.807, 2.05) is 41.4 Å². The second-order valence-electron chi connectivity index (χ2n) is 8.08. The van der Waals surface area contributed by atoms with Gasteiger partial charge < -0.3 is 14.9 Å². The Balaban J connectivity index is 0.000000383. The highest BCUT2D eigenvalue weighted by atomic mass is 19.4. The first-order chi connectivity index (χ1) is 15.6. The number of likely N-dealkylation sites (tertiary alicyclic amines) is 1. The number of benzene rings is 1. The number of aromatic nitrogens is 1. The Morgan fingerprint density at radius 3 is 2.48 bits per heavy atom. The molecular weight excluding hydrogens is 437 g/mol. The Hall–Kier alpha value is -3.61. The summed E-state index contributed by atoms with van der Waals surface area (Å²) in [7, 11) is 0. The molecule has 1 atom stereocenters. The quantitative estimate of drug-likeness (QED) is 0.749. The van der Waals surface area contributed by atoms with E-state index in [0.29, 0.717) is 18.5 Å². The van der Waals surface area contributed by atoms with Crippen LogP contribution in [0.5, 0.6) is 0 Å². The van der Waals surface area contributed by atoms with Crippen molar-refractivity contribution in [3.63, 3.8) is 0 Å². The van der Waals surface area contributed by atoms with E-state index in [-0.39, 0.29) is 11.4 Å². The fourth-order valence-corrected chi connectivity index (χ4v) is 4.30. The summed E-state index contributed by atoms with van der Waals surface area (Å²) < 4.78 is 31.7. The summed E-state index contributed by atoms with van der Waals surface area (Å²) in [5.41, 5.74) is 2.71. The van der Waals surface area contributed by atoms with Crippen molar-refractivity contribution in [2.24, 2.45) is 0 Å². The van der Waals surface area contributed by atoms with Crippen molar-refractivity contribution >= 4 is 17.6 Å². The van der Waals surface area contributed by atoms with Crippen LogP contribution >= 0.6 is 0 Å². The summed E-state index contributed by atoms with van der Waals surface area (Å²) in [6.07, 6.45) is 2.53. The number of alkyl halides is 3. The molecule has 2 fully saturated rings. The van der Waals surface area contributed by atoms with Gasteiger partial charge in [-0.2, -0.15) is 18.4 Å². The first-order valence-corrected chi connectivity index (χ1v) is 10.4. The fraction of sp³-hybridized carbons (Fsp3) is 0.391. The molecule has 3 heterocycles. The Morgan fingerprint density at radius 2 is 1.91 bits per heavy atom. The van der Waals surface area contributed by atoms with Gasteiger partial charge in [-0.3, -0.25) is 9.78 Å². The number of nitrogens with zero attached hydrogens (tertiary/aromatic N) is 4. The van der Waals surface area contributed by atoms with E-state index in [1.54, 1.807) is 6.20 Å². The van der Waals surface area contributed by atoms with Crippen LogP contribution in [0.1, 0.15) is 36.8 Å². The van der Waals surface area contributed by atoms with E-state index < -0.39 is 12.1 Å². The monoisotopic (exact) mass is 460 g/mol. The molecule has 2 aliphatic heterocycles. The predicted molar refractivity (Wildman–Crippen MR) is 113 cm³/mol. The van der Waals surface area contributed by atoms with Crippen LogP contribution in [0, 0.1) is 11.3 Å². The molecule has 0 aliphatic carbocycles.